The topological polar surface area (TPSA) is 41.5 Å². The molecular formula is C17H27NO2. The fraction of sp³-hybridized carbons (Fsp3) is 0.647. The van der Waals surface area contributed by atoms with Crippen LogP contribution in [0.15, 0.2) is 24.3 Å². The van der Waals surface area contributed by atoms with Crippen molar-refractivity contribution in [1.29, 1.82) is 0 Å². The lowest BCUT2D eigenvalue weighted by molar-refractivity contribution is -0.0755. The van der Waals surface area contributed by atoms with Crippen molar-refractivity contribution in [3.05, 3.63) is 29.8 Å². The number of hydrogen-bond acceptors (Lipinski definition) is 3. The first-order valence-electron chi connectivity index (χ1n) is 7.52. The van der Waals surface area contributed by atoms with Crippen LogP contribution >= 0.6 is 0 Å². The van der Waals surface area contributed by atoms with Crippen molar-refractivity contribution in [2.45, 2.75) is 65.3 Å². The van der Waals surface area contributed by atoms with Crippen LogP contribution in [0.2, 0.25) is 0 Å². The molecule has 0 heterocycles. The van der Waals surface area contributed by atoms with E-state index in [1.165, 1.54) is 5.56 Å². The largest absolute Gasteiger partial charge is 0.491 e. The lowest BCUT2D eigenvalue weighted by atomic mass is 9.64. The molecule has 112 valence electrons. The van der Waals surface area contributed by atoms with Gasteiger partial charge in [-0.3, -0.25) is 0 Å². The van der Waals surface area contributed by atoms with Gasteiger partial charge >= 0.3 is 0 Å². The number of para-hydroxylation sites is 1. The maximum Gasteiger partial charge on any atom is 0.124 e. The average molecular weight is 277 g/mol. The molecule has 1 fully saturated rings. The second-order valence-electron chi connectivity index (χ2n) is 6.72. The molecule has 0 saturated heterocycles. The van der Waals surface area contributed by atoms with Gasteiger partial charge in [-0.25, -0.2) is 0 Å². The van der Waals surface area contributed by atoms with E-state index in [0.29, 0.717) is 6.04 Å². The zero-order valence-corrected chi connectivity index (χ0v) is 13.2. The number of aliphatic hydroxyl groups is 1. The third kappa shape index (κ3) is 2.99. The Labute approximate surface area is 122 Å². The number of aliphatic hydroxyl groups excluding tert-OH is 1. The van der Waals surface area contributed by atoms with E-state index in [-0.39, 0.29) is 23.7 Å². The molecule has 0 aromatic heterocycles. The maximum atomic E-state index is 9.84. The molecule has 0 bridgehead atoms. The Bertz CT molecular complexity index is 456. The molecule has 2 rings (SSSR count). The first-order valence-corrected chi connectivity index (χ1v) is 7.52. The minimum Gasteiger partial charge on any atom is -0.491 e. The van der Waals surface area contributed by atoms with Crippen molar-refractivity contribution in [2.75, 3.05) is 0 Å². The van der Waals surface area contributed by atoms with E-state index in [1.54, 1.807) is 0 Å². The van der Waals surface area contributed by atoms with E-state index >= 15 is 0 Å². The van der Waals surface area contributed by atoms with E-state index in [0.717, 1.165) is 12.2 Å². The summed E-state index contributed by atoms with van der Waals surface area (Å²) in [5.41, 5.74) is 1.13. The Kier molecular flexibility index (Phi) is 4.40. The summed E-state index contributed by atoms with van der Waals surface area (Å²) >= 11 is 0. The Hall–Kier alpha value is -1.06. The highest BCUT2D eigenvalue weighted by Crippen LogP contribution is 2.42. The van der Waals surface area contributed by atoms with E-state index in [2.05, 4.69) is 32.2 Å². The van der Waals surface area contributed by atoms with E-state index in [1.807, 2.05) is 32.0 Å². The summed E-state index contributed by atoms with van der Waals surface area (Å²) in [7, 11) is 0. The SMILES string of the molecule is CC(C)Oc1ccccc1C(C)NC1CC(O)C1(C)C. The molecule has 20 heavy (non-hydrogen) atoms. The molecule has 3 atom stereocenters. The highest BCUT2D eigenvalue weighted by Gasteiger charge is 2.47. The Morgan fingerprint density at radius 2 is 1.90 bits per heavy atom. The number of nitrogens with one attached hydrogen (secondary N) is 1. The van der Waals surface area contributed by atoms with Gasteiger partial charge in [0.25, 0.3) is 0 Å². The van der Waals surface area contributed by atoms with Gasteiger partial charge in [0, 0.05) is 23.1 Å². The van der Waals surface area contributed by atoms with Gasteiger partial charge in [0.05, 0.1) is 12.2 Å². The number of benzene rings is 1. The minimum atomic E-state index is -0.200. The predicted octanol–water partition coefficient (Wildman–Crippen LogP) is 3.28. The van der Waals surface area contributed by atoms with Crippen LogP contribution < -0.4 is 10.1 Å². The molecule has 3 heteroatoms. The van der Waals surface area contributed by atoms with Crippen LogP contribution in [0.1, 0.15) is 52.6 Å². The second-order valence-corrected chi connectivity index (χ2v) is 6.72. The van der Waals surface area contributed by atoms with E-state index in [9.17, 15) is 5.11 Å². The molecule has 1 aliphatic carbocycles. The third-order valence-electron chi connectivity index (χ3n) is 4.42. The quantitative estimate of drug-likeness (QED) is 0.868. The van der Waals surface area contributed by atoms with Gasteiger partial charge in [0.2, 0.25) is 0 Å². The number of rotatable bonds is 5. The molecule has 1 aromatic carbocycles. The Morgan fingerprint density at radius 1 is 1.25 bits per heavy atom. The van der Waals surface area contributed by atoms with Gasteiger partial charge in [-0.15, -0.1) is 0 Å². The number of hydrogen-bond donors (Lipinski definition) is 2. The summed E-state index contributed by atoms with van der Waals surface area (Å²) in [6, 6.07) is 8.74. The van der Waals surface area contributed by atoms with Crippen molar-refractivity contribution in [3.8, 4) is 5.75 Å². The fourth-order valence-electron chi connectivity index (χ4n) is 2.78. The van der Waals surface area contributed by atoms with Crippen molar-refractivity contribution in [3.63, 3.8) is 0 Å². The van der Waals surface area contributed by atoms with E-state index in [4.69, 9.17) is 4.74 Å². The molecule has 3 nitrogen and oxygen atoms in total. The van der Waals surface area contributed by atoms with Gasteiger partial charge < -0.3 is 15.2 Å². The number of ether oxygens (including phenoxy) is 1. The first kappa shape index (κ1) is 15.3. The Morgan fingerprint density at radius 3 is 2.45 bits per heavy atom. The Balaban J connectivity index is 2.08. The molecule has 0 amide bonds. The van der Waals surface area contributed by atoms with Crippen molar-refractivity contribution in [1.82, 2.24) is 5.32 Å². The third-order valence-corrected chi connectivity index (χ3v) is 4.42. The predicted molar refractivity (Wildman–Crippen MR) is 81.9 cm³/mol. The smallest absolute Gasteiger partial charge is 0.124 e. The van der Waals surface area contributed by atoms with Crippen LogP contribution in [-0.2, 0) is 0 Å². The highest BCUT2D eigenvalue weighted by atomic mass is 16.5. The average Bonchev–Trinajstić information content (AvgIpc) is 2.38. The first-order chi connectivity index (χ1) is 9.32. The molecule has 1 aromatic rings. The van der Waals surface area contributed by atoms with Gasteiger partial charge in [-0.2, -0.15) is 0 Å². The van der Waals surface area contributed by atoms with Crippen LogP contribution in [0, 0.1) is 5.41 Å². The summed E-state index contributed by atoms with van der Waals surface area (Å²) in [5.74, 6) is 0.945. The van der Waals surface area contributed by atoms with Crippen LogP contribution in [0.4, 0.5) is 0 Å². The molecule has 1 saturated carbocycles. The molecule has 0 aliphatic heterocycles. The normalized spacial score (nSPS) is 26.1. The summed E-state index contributed by atoms with van der Waals surface area (Å²) in [4.78, 5) is 0. The van der Waals surface area contributed by atoms with E-state index < -0.39 is 0 Å². The summed E-state index contributed by atoms with van der Waals surface area (Å²) in [6.45, 7) is 10.5. The fourth-order valence-corrected chi connectivity index (χ4v) is 2.78. The van der Waals surface area contributed by atoms with Gasteiger partial charge in [-0.05, 0) is 33.3 Å². The molecule has 2 N–H and O–H groups in total. The van der Waals surface area contributed by atoms with Gasteiger partial charge in [0.1, 0.15) is 5.75 Å². The lowest BCUT2D eigenvalue weighted by Gasteiger charge is -2.50. The highest BCUT2D eigenvalue weighted by molar-refractivity contribution is 5.36. The molecule has 3 unspecified atom stereocenters. The molecule has 0 radical (unpaired) electrons. The van der Waals surface area contributed by atoms with Crippen molar-refractivity contribution >= 4 is 0 Å². The van der Waals surface area contributed by atoms with Crippen LogP contribution in [0.3, 0.4) is 0 Å². The van der Waals surface area contributed by atoms with Crippen molar-refractivity contribution < 1.29 is 9.84 Å². The van der Waals surface area contributed by atoms with Crippen LogP contribution in [0.25, 0.3) is 0 Å². The lowest BCUT2D eigenvalue weighted by Crippen LogP contribution is -2.60. The minimum absolute atomic E-state index is 0.0535. The summed E-state index contributed by atoms with van der Waals surface area (Å²) in [5, 5.41) is 13.5. The molecule has 0 spiro atoms. The second kappa shape index (κ2) is 5.74. The zero-order valence-electron chi connectivity index (χ0n) is 13.2. The van der Waals surface area contributed by atoms with Crippen molar-refractivity contribution in [2.24, 2.45) is 5.41 Å². The summed E-state index contributed by atoms with van der Waals surface area (Å²) in [6.07, 6.45) is 0.796. The van der Waals surface area contributed by atoms with Crippen LogP contribution in [0.5, 0.6) is 5.75 Å². The maximum absolute atomic E-state index is 9.84. The van der Waals surface area contributed by atoms with Gasteiger partial charge in [0.15, 0.2) is 0 Å². The monoisotopic (exact) mass is 277 g/mol. The summed E-state index contributed by atoms with van der Waals surface area (Å²) < 4.78 is 5.88. The molecular weight excluding hydrogens is 250 g/mol. The molecule has 1 aliphatic rings. The standard InChI is InChI=1S/C17H27NO2/c1-11(2)20-14-9-7-6-8-13(14)12(3)18-15-10-16(19)17(15,4)5/h6-9,11-12,15-16,18-19H,10H2,1-5H3. The zero-order chi connectivity index (χ0) is 14.9. The van der Waals surface area contributed by atoms with Crippen LogP contribution in [-0.4, -0.2) is 23.4 Å². The van der Waals surface area contributed by atoms with Gasteiger partial charge in [-0.1, -0.05) is 32.0 Å².